The number of nitrogens with two attached hydrogens (primary N) is 1. The van der Waals surface area contributed by atoms with Crippen molar-refractivity contribution in [3.63, 3.8) is 0 Å². The highest BCUT2D eigenvalue weighted by molar-refractivity contribution is 5.83. The molecule has 0 aliphatic heterocycles. The van der Waals surface area contributed by atoms with Gasteiger partial charge in [0.15, 0.2) is 0 Å². The molecule has 4 aromatic rings. The van der Waals surface area contributed by atoms with Crippen LogP contribution in [0.4, 0.5) is 15.9 Å². The molecule has 0 radical (unpaired) electrons. The number of rotatable bonds is 7. The van der Waals surface area contributed by atoms with Crippen molar-refractivity contribution in [3.05, 3.63) is 77.7 Å². The van der Waals surface area contributed by atoms with Crippen LogP contribution in [0.15, 0.2) is 60.8 Å². The zero-order valence-corrected chi connectivity index (χ0v) is 17.4. The number of ether oxygens (including phenoxy) is 1. The molecular formula is C24H23FN4O2. The van der Waals surface area contributed by atoms with Gasteiger partial charge in [-0.15, -0.1) is 0 Å². The Kier molecular flexibility index (Phi) is 5.58. The van der Waals surface area contributed by atoms with Crippen molar-refractivity contribution in [1.29, 1.82) is 0 Å². The summed E-state index contributed by atoms with van der Waals surface area (Å²) in [6.07, 6.45) is 1.51. The van der Waals surface area contributed by atoms with Crippen LogP contribution in [0.25, 0.3) is 16.9 Å². The molecule has 7 heteroatoms. The second-order valence-corrected chi connectivity index (χ2v) is 7.34. The van der Waals surface area contributed by atoms with Gasteiger partial charge < -0.3 is 15.8 Å². The number of halogens is 1. The summed E-state index contributed by atoms with van der Waals surface area (Å²) in [6.45, 7) is 4.19. The topological polar surface area (TPSA) is 81.6 Å². The van der Waals surface area contributed by atoms with E-state index in [1.54, 1.807) is 10.5 Å². The Hall–Kier alpha value is -3.87. The van der Waals surface area contributed by atoms with Gasteiger partial charge in [-0.2, -0.15) is 0 Å². The number of hydrogen-bond acceptors (Lipinski definition) is 4. The summed E-state index contributed by atoms with van der Waals surface area (Å²) in [6, 6.07) is 16.4. The summed E-state index contributed by atoms with van der Waals surface area (Å²) >= 11 is 0. The number of primary amides is 1. The van der Waals surface area contributed by atoms with Crippen molar-refractivity contribution >= 4 is 23.1 Å². The van der Waals surface area contributed by atoms with Crippen LogP contribution in [0.2, 0.25) is 0 Å². The number of aromatic nitrogens is 2. The Labute approximate surface area is 179 Å². The minimum atomic E-state index is -0.432. The Bertz CT molecular complexity index is 1250. The van der Waals surface area contributed by atoms with Crippen molar-refractivity contribution in [2.45, 2.75) is 20.3 Å². The lowest BCUT2D eigenvalue weighted by Gasteiger charge is -2.15. The molecule has 0 fully saturated rings. The van der Waals surface area contributed by atoms with E-state index in [0.29, 0.717) is 22.9 Å². The van der Waals surface area contributed by atoms with Gasteiger partial charge in [0.25, 0.3) is 0 Å². The molecule has 0 saturated carbocycles. The third-order valence-electron chi connectivity index (χ3n) is 5.06. The van der Waals surface area contributed by atoms with Crippen molar-refractivity contribution < 1.29 is 13.9 Å². The second-order valence-electron chi connectivity index (χ2n) is 7.34. The Morgan fingerprint density at radius 3 is 2.58 bits per heavy atom. The number of benzene rings is 2. The van der Waals surface area contributed by atoms with E-state index in [1.807, 2.05) is 56.3 Å². The first-order chi connectivity index (χ1) is 14.9. The highest BCUT2D eigenvalue weighted by Crippen LogP contribution is 2.37. The van der Waals surface area contributed by atoms with Crippen molar-refractivity contribution in [2.75, 3.05) is 11.9 Å². The Balaban J connectivity index is 1.86. The molecule has 0 saturated heterocycles. The third kappa shape index (κ3) is 4.21. The first-order valence-corrected chi connectivity index (χ1v) is 9.95. The molecule has 4 rings (SSSR count). The second kappa shape index (κ2) is 8.47. The number of amides is 1. The van der Waals surface area contributed by atoms with Crippen molar-refractivity contribution in [1.82, 2.24) is 9.38 Å². The smallest absolute Gasteiger partial charge is 0.220 e. The number of anilines is 2. The molecule has 6 nitrogen and oxygen atoms in total. The molecule has 0 bridgehead atoms. The predicted octanol–water partition coefficient (Wildman–Crippen LogP) is 4.76. The van der Waals surface area contributed by atoms with Crippen LogP contribution in [-0.4, -0.2) is 21.9 Å². The average molecular weight is 418 g/mol. The zero-order chi connectivity index (χ0) is 22.0. The summed E-state index contributed by atoms with van der Waals surface area (Å²) in [5.74, 6) is 0.389. The number of carbonyl (C=O) groups excluding carboxylic acids is 1. The number of imidazole rings is 1. The van der Waals surface area contributed by atoms with Gasteiger partial charge in [0.05, 0.1) is 13.0 Å². The van der Waals surface area contributed by atoms with E-state index in [2.05, 4.69) is 5.32 Å². The molecule has 31 heavy (non-hydrogen) atoms. The lowest BCUT2D eigenvalue weighted by molar-refractivity contribution is -0.118. The normalized spacial score (nSPS) is 10.9. The largest absolute Gasteiger partial charge is 0.492 e. The Morgan fingerprint density at radius 1 is 1.10 bits per heavy atom. The monoisotopic (exact) mass is 418 g/mol. The SMILES string of the molecule is Cc1cccc(C)c1Nc1c(-c2ccccc2OCCC(N)=O)nc2ccc(F)cn12. The number of nitrogens with one attached hydrogen (secondary N) is 1. The van der Waals surface area contributed by atoms with E-state index in [9.17, 15) is 9.18 Å². The van der Waals surface area contributed by atoms with E-state index in [0.717, 1.165) is 22.4 Å². The van der Waals surface area contributed by atoms with E-state index >= 15 is 0 Å². The van der Waals surface area contributed by atoms with Crippen LogP contribution in [-0.2, 0) is 4.79 Å². The highest BCUT2D eigenvalue weighted by atomic mass is 19.1. The fourth-order valence-corrected chi connectivity index (χ4v) is 3.51. The van der Waals surface area contributed by atoms with E-state index < -0.39 is 5.91 Å². The number of hydrogen-bond donors (Lipinski definition) is 2. The Morgan fingerprint density at radius 2 is 1.84 bits per heavy atom. The van der Waals surface area contributed by atoms with Crippen LogP contribution >= 0.6 is 0 Å². The summed E-state index contributed by atoms with van der Waals surface area (Å²) < 4.78 is 21.6. The van der Waals surface area contributed by atoms with Gasteiger partial charge in [0, 0.05) is 17.4 Å². The van der Waals surface area contributed by atoms with Crippen molar-refractivity contribution in [3.8, 4) is 17.0 Å². The van der Waals surface area contributed by atoms with E-state index in [-0.39, 0.29) is 18.8 Å². The standard InChI is InChI=1S/C24H23FN4O2/c1-15-6-5-7-16(2)22(15)28-24-23(27-21-11-10-17(25)14-29(21)24)18-8-3-4-9-19(18)31-13-12-20(26)30/h3-11,14,28H,12-13H2,1-2H3,(H2,26,30). The number of fused-ring (bicyclic) bond motifs is 1. The number of aryl methyl sites for hydroxylation is 2. The number of nitrogens with zero attached hydrogens (tertiary/aromatic N) is 2. The molecule has 2 heterocycles. The number of para-hydroxylation sites is 2. The maximum absolute atomic E-state index is 14.1. The van der Waals surface area contributed by atoms with Gasteiger partial charge in [-0.1, -0.05) is 30.3 Å². The molecule has 0 aliphatic carbocycles. The molecule has 1 amide bonds. The highest BCUT2D eigenvalue weighted by Gasteiger charge is 2.19. The molecule has 0 spiro atoms. The quantitative estimate of drug-likeness (QED) is 0.454. The van der Waals surface area contributed by atoms with Crippen LogP contribution < -0.4 is 15.8 Å². The minimum absolute atomic E-state index is 0.109. The third-order valence-corrected chi connectivity index (χ3v) is 5.06. The lowest BCUT2D eigenvalue weighted by Crippen LogP contribution is -2.14. The molecule has 0 aliphatic rings. The minimum Gasteiger partial charge on any atom is -0.492 e. The maximum Gasteiger partial charge on any atom is 0.220 e. The molecular weight excluding hydrogens is 395 g/mol. The molecule has 158 valence electrons. The van der Waals surface area contributed by atoms with Gasteiger partial charge in [-0.25, -0.2) is 9.37 Å². The average Bonchev–Trinajstić information content (AvgIpc) is 3.08. The van der Waals surface area contributed by atoms with E-state index in [4.69, 9.17) is 15.5 Å². The molecule has 0 unspecified atom stereocenters. The molecule has 2 aromatic carbocycles. The van der Waals surface area contributed by atoms with Gasteiger partial charge in [-0.05, 0) is 49.2 Å². The summed E-state index contributed by atoms with van der Waals surface area (Å²) in [5.41, 5.74) is 10.2. The van der Waals surface area contributed by atoms with Gasteiger partial charge in [0.2, 0.25) is 5.91 Å². The molecule has 0 atom stereocenters. The first-order valence-electron chi connectivity index (χ1n) is 9.95. The number of pyridine rings is 1. The zero-order valence-electron chi connectivity index (χ0n) is 17.4. The van der Waals surface area contributed by atoms with Crippen LogP contribution in [0.1, 0.15) is 17.5 Å². The van der Waals surface area contributed by atoms with E-state index in [1.165, 1.54) is 12.3 Å². The summed E-state index contributed by atoms with van der Waals surface area (Å²) in [7, 11) is 0. The molecule has 3 N–H and O–H groups in total. The van der Waals surface area contributed by atoms with Gasteiger partial charge in [0.1, 0.15) is 28.7 Å². The van der Waals surface area contributed by atoms with Crippen molar-refractivity contribution in [2.24, 2.45) is 5.73 Å². The number of carbonyl (C=O) groups is 1. The van der Waals surface area contributed by atoms with Crippen LogP contribution in [0, 0.1) is 19.7 Å². The predicted molar refractivity (Wildman–Crippen MR) is 119 cm³/mol. The molecule has 2 aromatic heterocycles. The maximum atomic E-state index is 14.1. The van der Waals surface area contributed by atoms with Crippen LogP contribution in [0.5, 0.6) is 5.75 Å². The fourth-order valence-electron chi connectivity index (χ4n) is 3.51. The van der Waals surface area contributed by atoms with Gasteiger partial charge in [-0.3, -0.25) is 9.20 Å². The summed E-state index contributed by atoms with van der Waals surface area (Å²) in [5, 5.41) is 3.46. The lowest BCUT2D eigenvalue weighted by atomic mass is 10.1. The fraction of sp³-hybridized carbons (Fsp3) is 0.167. The summed E-state index contributed by atoms with van der Waals surface area (Å²) in [4.78, 5) is 15.8. The first kappa shape index (κ1) is 20.4. The van der Waals surface area contributed by atoms with Crippen LogP contribution in [0.3, 0.4) is 0 Å². The van der Waals surface area contributed by atoms with Gasteiger partial charge >= 0.3 is 0 Å².